The summed E-state index contributed by atoms with van der Waals surface area (Å²) in [6.07, 6.45) is 0. The molecule has 0 unspecified atom stereocenters. The quantitative estimate of drug-likeness (QED) is 0.338. The first-order chi connectivity index (χ1) is 15.5. The van der Waals surface area contributed by atoms with E-state index in [1.54, 1.807) is 6.92 Å². The summed E-state index contributed by atoms with van der Waals surface area (Å²) < 4.78 is 7.26. The highest BCUT2D eigenvalue weighted by Crippen LogP contribution is 2.33. The van der Waals surface area contributed by atoms with Gasteiger partial charge in [-0.1, -0.05) is 6.07 Å². The number of carbonyl (C=O) groups is 1. The second-order valence-corrected chi connectivity index (χ2v) is 8.26. The molecule has 0 saturated heterocycles. The fourth-order valence-corrected chi connectivity index (χ4v) is 3.60. The maximum absolute atomic E-state index is 12.6. The maximum Gasteiger partial charge on any atom is 0.404 e. The molecular weight excluding hydrogens is 498 g/mol. The third-order valence-corrected chi connectivity index (χ3v) is 5.89. The van der Waals surface area contributed by atoms with Crippen LogP contribution in [0.1, 0.15) is 22.4 Å². The van der Waals surface area contributed by atoms with E-state index in [2.05, 4.69) is 26.3 Å². The number of aromatic nitrogens is 2. The molecule has 0 aliphatic rings. The Labute approximate surface area is 196 Å². The molecule has 0 bridgehead atoms. The minimum absolute atomic E-state index is 0.143. The normalized spacial score (nSPS) is 10.7. The number of ether oxygens (including phenoxy) is 1. The standard InChI is InChI=1S/C21H20BrN5O6/c1-11-5-12(2)13(3)18(6-11)33-17-8-15(7-16(9-17)26(29)30)23-19(28)10-25-14(4)20(22)21(24-25)27(31)32/h5-9H,10H2,1-4H3,(H,23,28). The molecule has 0 radical (unpaired) electrons. The van der Waals surface area contributed by atoms with Gasteiger partial charge in [0.25, 0.3) is 5.69 Å². The number of amides is 1. The second kappa shape index (κ2) is 9.36. The van der Waals surface area contributed by atoms with Gasteiger partial charge in [0.05, 0.1) is 27.5 Å². The molecule has 0 spiro atoms. The molecular formula is C21H20BrN5O6. The molecule has 1 N–H and O–H groups in total. The van der Waals surface area contributed by atoms with Crippen LogP contribution in [-0.2, 0) is 11.3 Å². The number of rotatable bonds is 7. The molecule has 2 aromatic carbocycles. The monoisotopic (exact) mass is 517 g/mol. The van der Waals surface area contributed by atoms with Crippen molar-refractivity contribution in [3.63, 3.8) is 0 Å². The van der Waals surface area contributed by atoms with E-state index in [-0.39, 0.29) is 28.1 Å². The number of anilines is 1. The number of benzene rings is 2. The molecule has 0 aliphatic carbocycles. The molecule has 3 aromatic rings. The number of halogens is 1. The largest absolute Gasteiger partial charge is 0.457 e. The van der Waals surface area contributed by atoms with Crippen LogP contribution in [0.25, 0.3) is 0 Å². The fourth-order valence-electron chi connectivity index (χ4n) is 3.17. The van der Waals surface area contributed by atoms with E-state index in [0.29, 0.717) is 11.4 Å². The van der Waals surface area contributed by atoms with Gasteiger partial charge in [0.15, 0.2) is 0 Å². The van der Waals surface area contributed by atoms with Crippen LogP contribution in [0.4, 0.5) is 17.2 Å². The topological polar surface area (TPSA) is 142 Å². The zero-order valence-electron chi connectivity index (χ0n) is 18.2. The summed E-state index contributed by atoms with van der Waals surface area (Å²) in [5.41, 5.74) is 3.15. The summed E-state index contributed by atoms with van der Waals surface area (Å²) in [5, 5.41) is 28.8. The molecule has 0 aliphatic heterocycles. The van der Waals surface area contributed by atoms with Gasteiger partial charge < -0.3 is 20.2 Å². The summed E-state index contributed by atoms with van der Waals surface area (Å²) in [7, 11) is 0. The average molecular weight is 518 g/mol. The first-order valence-electron chi connectivity index (χ1n) is 9.68. The van der Waals surface area contributed by atoms with Crippen molar-refractivity contribution in [3.05, 3.63) is 77.4 Å². The third-order valence-electron chi connectivity index (χ3n) is 4.96. The van der Waals surface area contributed by atoms with Gasteiger partial charge in [0, 0.05) is 12.1 Å². The maximum atomic E-state index is 12.6. The minimum Gasteiger partial charge on any atom is -0.457 e. The van der Waals surface area contributed by atoms with Crippen LogP contribution in [0.3, 0.4) is 0 Å². The van der Waals surface area contributed by atoms with Crippen molar-refractivity contribution < 1.29 is 19.4 Å². The van der Waals surface area contributed by atoms with Gasteiger partial charge in [0.1, 0.15) is 22.5 Å². The minimum atomic E-state index is -0.662. The van der Waals surface area contributed by atoms with Crippen molar-refractivity contribution in [2.24, 2.45) is 0 Å². The Morgan fingerprint density at radius 3 is 2.39 bits per heavy atom. The zero-order valence-corrected chi connectivity index (χ0v) is 19.8. The van der Waals surface area contributed by atoms with Crippen molar-refractivity contribution in [1.29, 1.82) is 0 Å². The Morgan fingerprint density at radius 1 is 1.09 bits per heavy atom. The molecule has 3 rings (SSSR count). The van der Waals surface area contributed by atoms with E-state index in [4.69, 9.17) is 4.74 Å². The SMILES string of the molecule is Cc1cc(C)c(C)c(Oc2cc(NC(=O)Cn3nc([N+](=O)[O-])c(Br)c3C)cc([N+](=O)[O-])c2)c1. The molecule has 1 amide bonds. The molecule has 11 nitrogen and oxygen atoms in total. The molecule has 33 heavy (non-hydrogen) atoms. The Morgan fingerprint density at radius 2 is 1.79 bits per heavy atom. The number of nitro benzene ring substituents is 1. The lowest BCUT2D eigenvalue weighted by atomic mass is 10.1. The van der Waals surface area contributed by atoms with Crippen LogP contribution in [0.5, 0.6) is 11.5 Å². The highest BCUT2D eigenvalue weighted by atomic mass is 79.9. The number of nitrogens with zero attached hydrogens (tertiary/aromatic N) is 4. The Hall–Kier alpha value is -3.80. The number of carbonyl (C=O) groups excluding carboxylic acids is 1. The second-order valence-electron chi connectivity index (χ2n) is 7.47. The van der Waals surface area contributed by atoms with Crippen LogP contribution in [0.2, 0.25) is 0 Å². The smallest absolute Gasteiger partial charge is 0.404 e. The van der Waals surface area contributed by atoms with Crippen LogP contribution < -0.4 is 10.1 Å². The van der Waals surface area contributed by atoms with Gasteiger partial charge in [-0.3, -0.25) is 14.9 Å². The lowest BCUT2D eigenvalue weighted by Gasteiger charge is -2.13. The number of hydrogen-bond acceptors (Lipinski definition) is 7. The van der Waals surface area contributed by atoms with Crippen molar-refractivity contribution in [3.8, 4) is 11.5 Å². The van der Waals surface area contributed by atoms with E-state index in [1.807, 2.05) is 32.9 Å². The molecule has 0 atom stereocenters. The molecule has 1 heterocycles. The highest BCUT2D eigenvalue weighted by Gasteiger charge is 2.25. The van der Waals surface area contributed by atoms with Crippen molar-refractivity contribution >= 4 is 39.0 Å². The Bertz CT molecular complexity index is 1290. The Kier molecular flexibility index (Phi) is 6.77. The number of nitro groups is 2. The van der Waals surface area contributed by atoms with E-state index >= 15 is 0 Å². The first kappa shape index (κ1) is 23.9. The van der Waals surface area contributed by atoms with Crippen LogP contribution >= 0.6 is 15.9 Å². The number of hydrogen-bond donors (Lipinski definition) is 1. The molecule has 0 saturated carbocycles. The van der Waals surface area contributed by atoms with Crippen molar-refractivity contribution in [1.82, 2.24) is 9.78 Å². The van der Waals surface area contributed by atoms with E-state index in [0.717, 1.165) is 16.7 Å². The van der Waals surface area contributed by atoms with E-state index in [9.17, 15) is 25.0 Å². The van der Waals surface area contributed by atoms with Crippen LogP contribution in [-0.4, -0.2) is 25.5 Å². The number of non-ortho nitro benzene ring substituents is 1. The van der Waals surface area contributed by atoms with Gasteiger partial charge in [-0.15, -0.1) is 0 Å². The third kappa shape index (κ3) is 5.34. The van der Waals surface area contributed by atoms with E-state index in [1.165, 1.54) is 22.9 Å². The summed E-state index contributed by atoms with van der Waals surface area (Å²) in [5.74, 6) is -0.247. The van der Waals surface area contributed by atoms with E-state index < -0.39 is 21.6 Å². The average Bonchev–Trinajstić information content (AvgIpc) is 3.00. The molecule has 12 heteroatoms. The predicted molar refractivity (Wildman–Crippen MR) is 124 cm³/mol. The predicted octanol–water partition coefficient (Wildman–Crippen LogP) is 5.13. The lowest BCUT2D eigenvalue weighted by molar-refractivity contribution is -0.390. The lowest BCUT2D eigenvalue weighted by Crippen LogP contribution is -2.20. The summed E-state index contributed by atoms with van der Waals surface area (Å²) in [6.45, 7) is 6.98. The first-order valence-corrected chi connectivity index (χ1v) is 10.5. The number of aryl methyl sites for hydroxylation is 2. The molecule has 1 aromatic heterocycles. The summed E-state index contributed by atoms with van der Waals surface area (Å²) in [6, 6.07) is 7.76. The van der Waals surface area contributed by atoms with Gasteiger partial charge in [-0.05, 0) is 71.3 Å². The summed E-state index contributed by atoms with van der Waals surface area (Å²) >= 11 is 3.09. The fraction of sp³-hybridized carbons (Fsp3) is 0.238. The highest BCUT2D eigenvalue weighted by molar-refractivity contribution is 9.10. The van der Waals surface area contributed by atoms with Crippen LogP contribution in [0.15, 0.2) is 34.8 Å². The zero-order chi connectivity index (χ0) is 24.4. The number of nitrogens with one attached hydrogen (secondary N) is 1. The Balaban J connectivity index is 1.87. The van der Waals surface area contributed by atoms with Gasteiger partial charge in [-0.2, -0.15) is 4.68 Å². The van der Waals surface area contributed by atoms with Crippen molar-refractivity contribution in [2.75, 3.05) is 5.32 Å². The van der Waals surface area contributed by atoms with Gasteiger partial charge in [-0.25, -0.2) is 0 Å². The van der Waals surface area contributed by atoms with Crippen LogP contribution in [0, 0.1) is 47.9 Å². The van der Waals surface area contributed by atoms with Gasteiger partial charge in [0.2, 0.25) is 5.91 Å². The van der Waals surface area contributed by atoms with Gasteiger partial charge >= 0.3 is 5.82 Å². The summed E-state index contributed by atoms with van der Waals surface area (Å²) in [4.78, 5) is 33.8. The van der Waals surface area contributed by atoms with Crippen molar-refractivity contribution in [2.45, 2.75) is 34.2 Å². The molecule has 0 fully saturated rings. The molecule has 172 valence electrons.